The van der Waals surface area contributed by atoms with E-state index in [1.807, 2.05) is 32.0 Å². The number of hydrogen-bond donors (Lipinski definition) is 1. The Bertz CT molecular complexity index is 820. The molecule has 29 heavy (non-hydrogen) atoms. The summed E-state index contributed by atoms with van der Waals surface area (Å²) in [4.78, 5) is 16.7. The van der Waals surface area contributed by atoms with Gasteiger partial charge in [-0.25, -0.2) is 9.78 Å². The molecule has 0 radical (unpaired) electrons. The van der Waals surface area contributed by atoms with Crippen molar-refractivity contribution in [1.82, 2.24) is 4.98 Å². The number of rotatable bonds is 12. The van der Waals surface area contributed by atoms with Gasteiger partial charge in [-0.2, -0.15) is 5.10 Å². The SMILES string of the molecule is CCCCCOc1ccc(/C=N\Nc2nc(CC)c(C(=O)OC)s2)cc1OCC. The summed E-state index contributed by atoms with van der Waals surface area (Å²) in [6.07, 6.45) is 5.65. The Morgan fingerprint density at radius 3 is 2.72 bits per heavy atom. The van der Waals surface area contributed by atoms with E-state index in [0.29, 0.717) is 41.1 Å². The molecular formula is C21H29N3O4S. The van der Waals surface area contributed by atoms with E-state index < -0.39 is 0 Å². The van der Waals surface area contributed by atoms with Crippen LogP contribution >= 0.6 is 11.3 Å². The second-order valence-electron chi connectivity index (χ2n) is 6.20. The molecule has 7 nitrogen and oxygen atoms in total. The van der Waals surface area contributed by atoms with Crippen molar-refractivity contribution < 1.29 is 19.0 Å². The number of esters is 1. The lowest BCUT2D eigenvalue weighted by atomic mass is 10.2. The van der Waals surface area contributed by atoms with Crippen LogP contribution in [0.5, 0.6) is 11.5 Å². The number of carbonyl (C=O) groups excluding carboxylic acids is 1. The number of ether oxygens (including phenoxy) is 3. The van der Waals surface area contributed by atoms with Crippen molar-refractivity contribution in [1.29, 1.82) is 0 Å². The molecular weight excluding hydrogens is 390 g/mol. The summed E-state index contributed by atoms with van der Waals surface area (Å²) in [5, 5.41) is 4.77. The van der Waals surface area contributed by atoms with E-state index in [0.717, 1.165) is 30.6 Å². The summed E-state index contributed by atoms with van der Waals surface area (Å²) in [5.74, 6) is 1.05. The van der Waals surface area contributed by atoms with Crippen molar-refractivity contribution in [3.05, 3.63) is 34.3 Å². The molecule has 0 aliphatic carbocycles. The van der Waals surface area contributed by atoms with Gasteiger partial charge < -0.3 is 14.2 Å². The first kappa shape index (κ1) is 22.7. The minimum absolute atomic E-state index is 0.382. The van der Waals surface area contributed by atoms with Crippen molar-refractivity contribution in [3.63, 3.8) is 0 Å². The highest BCUT2D eigenvalue weighted by molar-refractivity contribution is 7.17. The molecule has 1 aromatic carbocycles. The highest BCUT2D eigenvalue weighted by Crippen LogP contribution is 2.28. The number of hydrogen-bond acceptors (Lipinski definition) is 8. The summed E-state index contributed by atoms with van der Waals surface area (Å²) in [6, 6.07) is 5.71. The maximum atomic E-state index is 11.8. The van der Waals surface area contributed by atoms with Gasteiger partial charge in [0.2, 0.25) is 5.13 Å². The first-order valence-electron chi connectivity index (χ1n) is 9.89. The molecule has 2 rings (SSSR count). The highest BCUT2D eigenvalue weighted by atomic mass is 32.1. The molecule has 0 aliphatic heterocycles. The Morgan fingerprint density at radius 1 is 1.21 bits per heavy atom. The molecule has 158 valence electrons. The lowest BCUT2D eigenvalue weighted by Crippen LogP contribution is -2.01. The zero-order valence-corrected chi connectivity index (χ0v) is 18.3. The number of nitrogens with zero attached hydrogens (tertiary/aromatic N) is 2. The Labute approximate surface area is 176 Å². The Morgan fingerprint density at radius 2 is 2.03 bits per heavy atom. The van der Waals surface area contributed by atoms with Crippen LogP contribution in [0.15, 0.2) is 23.3 Å². The minimum Gasteiger partial charge on any atom is -0.490 e. The maximum Gasteiger partial charge on any atom is 0.350 e. The third-order valence-corrected chi connectivity index (χ3v) is 5.03. The fourth-order valence-corrected chi connectivity index (χ4v) is 3.50. The average molecular weight is 420 g/mol. The number of nitrogens with one attached hydrogen (secondary N) is 1. The van der Waals surface area contributed by atoms with Crippen molar-refractivity contribution in [3.8, 4) is 11.5 Å². The minimum atomic E-state index is -0.382. The van der Waals surface area contributed by atoms with E-state index in [1.165, 1.54) is 18.4 Å². The van der Waals surface area contributed by atoms with Crippen molar-refractivity contribution in [2.24, 2.45) is 5.10 Å². The molecule has 0 fully saturated rings. The summed E-state index contributed by atoms with van der Waals surface area (Å²) in [5.41, 5.74) is 4.44. The number of anilines is 1. The smallest absolute Gasteiger partial charge is 0.350 e. The van der Waals surface area contributed by atoms with Crippen LogP contribution in [0.25, 0.3) is 0 Å². The van der Waals surface area contributed by atoms with Crippen molar-refractivity contribution >= 4 is 28.7 Å². The number of unbranched alkanes of at least 4 members (excludes halogenated alkanes) is 2. The third kappa shape index (κ3) is 6.74. The lowest BCUT2D eigenvalue weighted by Gasteiger charge is -2.12. The van der Waals surface area contributed by atoms with Crippen molar-refractivity contribution in [2.75, 3.05) is 25.7 Å². The summed E-state index contributed by atoms with van der Waals surface area (Å²) >= 11 is 1.22. The third-order valence-electron chi connectivity index (χ3n) is 4.05. The topological polar surface area (TPSA) is 82.0 Å². The van der Waals surface area contributed by atoms with Gasteiger partial charge in [0.1, 0.15) is 4.88 Å². The normalized spacial score (nSPS) is 10.9. The molecule has 1 heterocycles. The molecule has 0 saturated heterocycles. The van der Waals surface area contributed by atoms with Gasteiger partial charge in [-0.15, -0.1) is 0 Å². The van der Waals surface area contributed by atoms with Gasteiger partial charge in [0.25, 0.3) is 0 Å². The average Bonchev–Trinajstić information content (AvgIpc) is 3.15. The Kier molecular flexibility index (Phi) is 9.43. The van der Waals surface area contributed by atoms with Crippen LogP contribution in [-0.2, 0) is 11.2 Å². The van der Waals surface area contributed by atoms with Crippen LogP contribution in [0.3, 0.4) is 0 Å². The quantitative estimate of drug-likeness (QED) is 0.228. The fourth-order valence-electron chi connectivity index (χ4n) is 2.58. The van der Waals surface area contributed by atoms with Gasteiger partial charge in [0, 0.05) is 0 Å². The molecule has 0 aliphatic rings. The summed E-state index contributed by atoms with van der Waals surface area (Å²) in [7, 11) is 1.36. The second kappa shape index (κ2) is 12.1. The number of aryl methyl sites for hydroxylation is 1. The molecule has 0 spiro atoms. The molecule has 8 heteroatoms. The molecule has 0 amide bonds. The van der Waals surface area contributed by atoms with Crippen LogP contribution < -0.4 is 14.9 Å². The molecule has 0 bridgehead atoms. The maximum absolute atomic E-state index is 11.8. The highest BCUT2D eigenvalue weighted by Gasteiger charge is 2.17. The van der Waals surface area contributed by atoms with E-state index in [9.17, 15) is 4.79 Å². The first-order valence-corrected chi connectivity index (χ1v) is 10.7. The van der Waals surface area contributed by atoms with E-state index in [2.05, 4.69) is 22.4 Å². The molecule has 0 saturated carbocycles. The lowest BCUT2D eigenvalue weighted by molar-refractivity contribution is 0.0605. The van der Waals surface area contributed by atoms with Crippen LogP contribution in [0.1, 0.15) is 61.0 Å². The summed E-state index contributed by atoms with van der Waals surface area (Å²) < 4.78 is 16.3. The van der Waals surface area contributed by atoms with E-state index in [1.54, 1.807) is 6.21 Å². The molecule has 0 atom stereocenters. The zero-order chi connectivity index (χ0) is 21.1. The van der Waals surface area contributed by atoms with Gasteiger partial charge in [-0.1, -0.05) is 38.0 Å². The zero-order valence-electron chi connectivity index (χ0n) is 17.5. The van der Waals surface area contributed by atoms with E-state index >= 15 is 0 Å². The number of methoxy groups -OCH3 is 1. The Balaban J connectivity index is 2.05. The van der Waals surface area contributed by atoms with Crippen LogP contribution in [0, 0.1) is 0 Å². The largest absolute Gasteiger partial charge is 0.490 e. The number of carbonyl (C=O) groups is 1. The number of aromatic nitrogens is 1. The van der Waals surface area contributed by atoms with Crippen molar-refractivity contribution in [2.45, 2.75) is 46.5 Å². The Hall–Kier alpha value is -2.61. The monoisotopic (exact) mass is 419 g/mol. The molecule has 1 N–H and O–H groups in total. The fraction of sp³-hybridized carbons (Fsp3) is 0.476. The number of thiazole rings is 1. The van der Waals surface area contributed by atoms with Crippen LogP contribution in [-0.4, -0.2) is 37.5 Å². The van der Waals surface area contributed by atoms with Gasteiger partial charge in [0.05, 0.1) is 32.2 Å². The number of benzene rings is 1. The predicted molar refractivity (Wildman–Crippen MR) is 117 cm³/mol. The standard InChI is InChI=1S/C21H29N3O4S/c1-5-8-9-12-28-17-11-10-15(13-18(17)27-7-3)14-22-24-21-23-16(6-2)19(29-21)20(25)26-4/h10-11,13-14H,5-9,12H2,1-4H3,(H,23,24)/b22-14-. The predicted octanol–water partition coefficient (Wildman–Crippen LogP) is 4.91. The van der Waals surface area contributed by atoms with Gasteiger partial charge in [0.15, 0.2) is 11.5 Å². The summed E-state index contributed by atoms with van der Waals surface area (Å²) in [6.45, 7) is 7.28. The van der Waals surface area contributed by atoms with E-state index in [4.69, 9.17) is 14.2 Å². The molecule has 2 aromatic rings. The van der Waals surface area contributed by atoms with Crippen LogP contribution in [0.2, 0.25) is 0 Å². The van der Waals surface area contributed by atoms with Crippen LogP contribution in [0.4, 0.5) is 5.13 Å². The second-order valence-corrected chi connectivity index (χ2v) is 7.20. The number of hydrazone groups is 1. The van der Waals surface area contributed by atoms with Gasteiger partial charge in [-0.05, 0) is 43.5 Å². The molecule has 0 unspecified atom stereocenters. The van der Waals surface area contributed by atoms with E-state index in [-0.39, 0.29) is 5.97 Å². The first-order chi connectivity index (χ1) is 14.1. The van der Waals surface area contributed by atoms with Gasteiger partial charge in [-0.3, -0.25) is 5.43 Å². The molecule has 1 aromatic heterocycles. The van der Waals surface area contributed by atoms with Gasteiger partial charge >= 0.3 is 5.97 Å².